The van der Waals surface area contributed by atoms with Gasteiger partial charge in [0.05, 0.1) is 6.20 Å². The summed E-state index contributed by atoms with van der Waals surface area (Å²) in [6, 6.07) is 4.33. The van der Waals surface area contributed by atoms with E-state index in [1.54, 1.807) is 10.9 Å². The summed E-state index contributed by atoms with van der Waals surface area (Å²) in [6.07, 6.45) is 9.09. The number of pyridine rings is 1. The molecule has 0 saturated carbocycles. The molecule has 1 unspecified atom stereocenters. The molecule has 2 aromatic heterocycles. The highest BCUT2D eigenvalue weighted by atomic mass is 15.2. The van der Waals surface area contributed by atoms with Gasteiger partial charge in [-0.2, -0.15) is 5.10 Å². The lowest BCUT2D eigenvalue weighted by Gasteiger charge is -2.12. The van der Waals surface area contributed by atoms with Crippen LogP contribution < -0.4 is 5.32 Å². The molecule has 88 valence electrons. The van der Waals surface area contributed by atoms with Gasteiger partial charge >= 0.3 is 0 Å². The molecule has 0 amide bonds. The zero-order valence-corrected chi connectivity index (χ0v) is 9.87. The van der Waals surface area contributed by atoms with E-state index in [1.807, 2.05) is 36.9 Å². The molecule has 4 nitrogen and oxygen atoms in total. The van der Waals surface area contributed by atoms with E-state index in [2.05, 4.69) is 28.9 Å². The predicted molar refractivity (Wildman–Crippen MR) is 68.1 cm³/mol. The van der Waals surface area contributed by atoms with Crippen LogP contribution in [0.25, 0.3) is 6.20 Å². The molecule has 0 bridgehead atoms. The molecule has 2 heterocycles. The van der Waals surface area contributed by atoms with Gasteiger partial charge in [0.1, 0.15) is 0 Å². The van der Waals surface area contributed by atoms with Crippen molar-refractivity contribution in [3.63, 3.8) is 0 Å². The molecule has 4 heteroatoms. The van der Waals surface area contributed by atoms with E-state index in [-0.39, 0.29) is 0 Å². The molecular formula is C13H16N4. The Kier molecular flexibility index (Phi) is 3.67. The van der Waals surface area contributed by atoms with Crippen LogP contribution in [0.15, 0.2) is 43.5 Å². The monoisotopic (exact) mass is 228 g/mol. The highest BCUT2D eigenvalue weighted by Crippen LogP contribution is 2.11. The van der Waals surface area contributed by atoms with E-state index in [9.17, 15) is 0 Å². The van der Waals surface area contributed by atoms with Crippen LogP contribution in [0.5, 0.6) is 0 Å². The molecule has 2 rings (SSSR count). The topological polar surface area (TPSA) is 42.7 Å². The molecule has 0 aliphatic rings. The first-order valence-electron chi connectivity index (χ1n) is 5.58. The zero-order chi connectivity index (χ0) is 12.1. The van der Waals surface area contributed by atoms with Gasteiger partial charge in [-0.3, -0.25) is 4.98 Å². The Morgan fingerprint density at radius 1 is 1.47 bits per heavy atom. The summed E-state index contributed by atoms with van der Waals surface area (Å²) in [5, 5.41) is 7.57. The van der Waals surface area contributed by atoms with Crippen molar-refractivity contribution >= 4 is 6.20 Å². The molecule has 0 aliphatic carbocycles. The first-order valence-corrected chi connectivity index (χ1v) is 5.58. The van der Waals surface area contributed by atoms with Crippen LogP contribution in [0, 0.1) is 0 Å². The van der Waals surface area contributed by atoms with E-state index in [4.69, 9.17) is 0 Å². The zero-order valence-electron chi connectivity index (χ0n) is 9.87. The predicted octanol–water partition coefficient (Wildman–Crippen LogP) is 2.23. The average Bonchev–Trinajstić information content (AvgIpc) is 2.85. The van der Waals surface area contributed by atoms with Crippen molar-refractivity contribution in [3.8, 4) is 0 Å². The van der Waals surface area contributed by atoms with Gasteiger partial charge in [0.2, 0.25) is 0 Å². The van der Waals surface area contributed by atoms with Crippen LogP contribution in [0.2, 0.25) is 0 Å². The summed E-state index contributed by atoms with van der Waals surface area (Å²) in [5.74, 6) is 0. The second kappa shape index (κ2) is 5.41. The maximum absolute atomic E-state index is 4.13. The third-order valence-electron chi connectivity index (χ3n) is 2.66. The molecule has 0 aliphatic heterocycles. The van der Waals surface area contributed by atoms with Gasteiger partial charge < -0.3 is 5.32 Å². The van der Waals surface area contributed by atoms with Gasteiger partial charge in [-0.05, 0) is 24.6 Å². The van der Waals surface area contributed by atoms with Crippen LogP contribution in [0.3, 0.4) is 0 Å². The number of aromatic nitrogens is 3. The molecule has 0 fully saturated rings. The first kappa shape index (κ1) is 11.5. The Bertz CT molecular complexity index is 475. The largest absolute Gasteiger partial charge is 0.306 e. The summed E-state index contributed by atoms with van der Waals surface area (Å²) < 4.78 is 1.70. The summed E-state index contributed by atoms with van der Waals surface area (Å²) in [6.45, 7) is 6.58. The molecule has 0 radical (unpaired) electrons. The van der Waals surface area contributed by atoms with Crippen molar-refractivity contribution in [3.05, 3.63) is 54.6 Å². The van der Waals surface area contributed by atoms with Gasteiger partial charge in [0.25, 0.3) is 0 Å². The van der Waals surface area contributed by atoms with Crippen LogP contribution in [0.1, 0.15) is 24.1 Å². The highest BCUT2D eigenvalue weighted by molar-refractivity contribution is 5.18. The maximum Gasteiger partial charge on any atom is 0.0538 e. The van der Waals surface area contributed by atoms with Gasteiger partial charge in [-0.15, -0.1) is 0 Å². The Morgan fingerprint density at radius 3 is 2.88 bits per heavy atom. The Balaban J connectivity index is 1.92. The normalized spacial score (nSPS) is 12.3. The van der Waals surface area contributed by atoms with Crippen LogP contribution in [-0.2, 0) is 6.54 Å². The third kappa shape index (κ3) is 3.01. The Morgan fingerprint density at radius 2 is 2.24 bits per heavy atom. The van der Waals surface area contributed by atoms with Gasteiger partial charge in [-0.1, -0.05) is 6.58 Å². The summed E-state index contributed by atoms with van der Waals surface area (Å²) in [7, 11) is 0. The van der Waals surface area contributed by atoms with E-state index in [0.29, 0.717) is 6.04 Å². The summed E-state index contributed by atoms with van der Waals surface area (Å²) in [4.78, 5) is 4.01. The van der Waals surface area contributed by atoms with Crippen molar-refractivity contribution in [2.45, 2.75) is 19.5 Å². The Hall–Kier alpha value is -1.94. The molecular weight excluding hydrogens is 212 g/mol. The van der Waals surface area contributed by atoms with Gasteiger partial charge in [0.15, 0.2) is 0 Å². The van der Waals surface area contributed by atoms with E-state index in [1.165, 1.54) is 5.56 Å². The van der Waals surface area contributed by atoms with Crippen molar-refractivity contribution in [2.24, 2.45) is 0 Å². The second-order valence-corrected chi connectivity index (χ2v) is 3.89. The fourth-order valence-electron chi connectivity index (χ4n) is 1.61. The first-order chi connectivity index (χ1) is 8.29. The number of hydrogen-bond acceptors (Lipinski definition) is 3. The van der Waals surface area contributed by atoms with Crippen LogP contribution in [0.4, 0.5) is 0 Å². The molecule has 17 heavy (non-hydrogen) atoms. The second-order valence-electron chi connectivity index (χ2n) is 3.89. The number of nitrogens with zero attached hydrogens (tertiary/aromatic N) is 3. The van der Waals surface area contributed by atoms with Gasteiger partial charge in [0, 0.05) is 42.9 Å². The summed E-state index contributed by atoms with van der Waals surface area (Å²) in [5.41, 5.74) is 2.38. The standard InChI is InChI=1S/C13H16N4/c1-3-17-10-12(9-16-17)8-15-11(2)13-4-6-14-7-5-13/h3-7,9-11,15H,1,8H2,2H3. The van der Waals surface area contributed by atoms with E-state index < -0.39 is 0 Å². The SMILES string of the molecule is C=Cn1cc(CNC(C)c2ccncc2)cn1. The van der Waals surface area contributed by atoms with E-state index in [0.717, 1.165) is 12.1 Å². The molecule has 2 aromatic rings. The molecule has 0 spiro atoms. The fraction of sp³-hybridized carbons (Fsp3) is 0.231. The number of nitrogens with one attached hydrogen (secondary N) is 1. The Labute approximate surface area is 101 Å². The molecule has 1 atom stereocenters. The van der Waals surface area contributed by atoms with Crippen molar-refractivity contribution < 1.29 is 0 Å². The minimum absolute atomic E-state index is 0.296. The maximum atomic E-state index is 4.13. The minimum atomic E-state index is 0.296. The quantitative estimate of drug-likeness (QED) is 0.853. The molecule has 0 aromatic carbocycles. The lowest BCUT2D eigenvalue weighted by atomic mass is 10.1. The molecule has 1 N–H and O–H groups in total. The lowest BCUT2D eigenvalue weighted by Crippen LogP contribution is -2.17. The number of hydrogen-bond donors (Lipinski definition) is 1. The van der Waals surface area contributed by atoms with Crippen LogP contribution >= 0.6 is 0 Å². The molecule has 0 saturated heterocycles. The summed E-state index contributed by atoms with van der Waals surface area (Å²) >= 11 is 0. The smallest absolute Gasteiger partial charge is 0.0538 e. The van der Waals surface area contributed by atoms with Crippen molar-refractivity contribution in [1.82, 2.24) is 20.1 Å². The fourth-order valence-corrected chi connectivity index (χ4v) is 1.61. The lowest BCUT2D eigenvalue weighted by molar-refractivity contribution is 0.574. The van der Waals surface area contributed by atoms with Crippen molar-refractivity contribution in [2.75, 3.05) is 0 Å². The highest BCUT2D eigenvalue weighted by Gasteiger charge is 2.04. The van der Waals surface area contributed by atoms with Crippen LogP contribution in [-0.4, -0.2) is 14.8 Å². The van der Waals surface area contributed by atoms with Gasteiger partial charge in [-0.25, -0.2) is 4.68 Å². The number of rotatable bonds is 5. The minimum Gasteiger partial charge on any atom is -0.306 e. The third-order valence-corrected chi connectivity index (χ3v) is 2.66. The average molecular weight is 228 g/mol. The van der Waals surface area contributed by atoms with Crippen molar-refractivity contribution in [1.29, 1.82) is 0 Å². The van der Waals surface area contributed by atoms with E-state index >= 15 is 0 Å².